The molecule has 11 heteroatoms. The van der Waals surface area contributed by atoms with Gasteiger partial charge in [-0.05, 0) is 48.9 Å². The van der Waals surface area contributed by atoms with Crippen molar-refractivity contribution in [3.63, 3.8) is 0 Å². The molecule has 1 aromatic heterocycles. The largest absolute Gasteiger partial charge is 0.497 e. The van der Waals surface area contributed by atoms with E-state index in [0.717, 1.165) is 16.6 Å². The average molecular weight is 633 g/mol. The Morgan fingerprint density at radius 2 is 1.48 bits per heavy atom. The number of aromatic nitrogens is 1. The van der Waals surface area contributed by atoms with Crippen LogP contribution in [0.1, 0.15) is 15.9 Å². The molecule has 0 unspecified atom stereocenters. The molecular weight excluding hydrogens is 601 g/mol. The van der Waals surface area contributed by atoms with Crippen LogP contribution in [0, 0.1) is 6.92 Å². The Kier molecular flexibility index (Phi) is 9.57. The van der Waals surface area contributed by atoms with Gasteiger partial charge in [0.25, 0.3) is 0 Å². The Balaban J connectivity index is 1.43. The van der Waals surface area contributed by atoms with Crippen LogP contribution in [-0.4, -0.2) is 54.1 Å². The van der Waals surface area contributed by atoms with Gasteiger partial charge >= 0.3 is 12.0 Å². The van der Waals surface area contributed by atoms with Crippen LogP contribution in [0.15, 0.2) is 78.9 Å². The molecule has 0 saturated heterocycles. The van der Waals surface area contributed by atoms with Gasteiger partial charge in [0, 0.05) is 70.5 Å². The van der Waals surface area contributed by atoms with E-state index in [9.17, 15) is 14.7 Å². The van der Waals surface area contributed by atoms with E-state index in [0.29, 0.717) is 69.8 Å². The quantitative estimate of drug-likeness (QED) is 0.0860. The fourth-order valence-corrected chi connectivity index (χ4v) is 5.48. The molecule has 9 nitrogen and oxygen atoms in total. The van der Waals surface area contributed by atoms with E-state index in [2.05, 4.69) is 20.9 Å². The molecule has 226 valence electrons. The highest BCUT2D eigenvalue weighted by Gasteiger charge is 2.17. The Hall–Kier alpha value is -4.73. The number of urea groups is 1. The lowest BCUT2D eigenvalue weighted by atomic mass is 10.0. The van der Waals surface area contributed by atoms with E-state index in [1.807, 2.05) is 55.5 Å². The van der Waals surface area contributed by atoms with Crippen molar-refractivity contribution in [2.75, 3.05) is 52.8 Å². The molecule has 0 aliphatic heterocycles. The van der Waals surface area contributed by atoms with Gasteiger partial charge < -0.3 is 30.7 Å². The number of benzene rings is 4. The SMILES string of the molecule is COc1cc(NC(=O)Nc2ccc(N(CCCl)CCCl)cc2)cc(Nc2c3cccc(C)c3nc3c(C(=O)O)cccc23)c1. The number of nitrogens with one attached hydrogen (secondary N) is 3. The third kappa shape index (κ3) is 6.74. The van der Waals surface area contributed by atoms with E-state index in [4.69, 9.17) is 32.9 Å². The predicted octanol–water partition coefficient (Wildman–Crippen LogP) is 8.07. The maximum absolute atomic E-state index is 13.0. The second-order valence-electron chi connectivity index (χ2n) is 10.0. The number of carboxylic acids is 1. The summed E-state index contributed by atoms with van der Waals surface area (Å²) in [4.78, 5) is 31.8. The zero-order valence-electron chi connectivity index (χ0n) is 24.2. The fourth-order valence-electron chi connectivity index (χ4n) is 5.07. The molecule has 4 aromatic carbocycles. The van der Waals surface area contributed by atoms with Crippen molar-refractivity contribution >= 4 is 85.4 Å². The number of carbonyl (C=O) groups is 2. The minimum Gasteiger partial charge on any atom is -0.497 e. The van der Waals surface area contributed by atoms with Crippen LogP contribution >= 0.6 is 23.2 Å². The van der Waals surface area contributed by atoms with Crippen LogP contribution in [0.5, 0.6) is 5.75 Å². The molecule has 0 radical (unpaired) electrons. The highest BCUT2D eigenvalue weighted by molar-refractivity contribution is 6.18. The predicted molar refractivity (Wildman–Crippen MR) is 180 cm³/mol. The van der Waals surface area contributed by atoms with Crippen molar-refractivity contribution < 1.29 is 19.4 Å². The zero-order valence-corrected chi connectivity index (χ0v) is 25.7. The number of hydrogen-bond acceptors (Lipinski definition) is 6. The third-order valence-electron chi connectivity index (χ3n) is 7.14. The lowest BCUT2D eigenvalue weighted by Gasteiger charge is -2.23. The maximum atomic E-state index is 13.0. The van der Waals surface area contributed by atoms with Gasteiger partial charge in [-0.25, -0.2) is 14.6 Å². The summed E-state index contributed by atoms with van der Waals surface area (Å²) in [6.07, 6.45) is 0. The van der Waals surface area contributed by atoms with Crippen molar-refractivity contribution in [3.05, 3.63) is 90.0 Å². The summed E-state index contributed by atoms with van der Waals surface area (Å²) in [7, 11) is 1.54. The number of amides is 2. The third-order valence-corrected chi connectivity index (χ3v) is 7.47. The number of carboxylic acid groups (broad SMARTS) is 1. The number of halogens is 2. The van der Waals surface area contributed by atoms with Crippen LogP contribution in [-0.2, 0) is 0 Å². The summed E-state index contributed by atoms with van der Waals surface area (Å²) in [6, 6.07) is 23.2. The fraction of sp³-hybridized carbons (Fsp3) is 0.182. The van der Waals surface area contributed by atoms with Crippen molar-refractivity contribution in [3.8, 4) is 5.75 Å². The van der Waals surface area contributed by atoms with Gasteiger partial charge in [0.05, 0.1) is 29.4 Å². The number of fused-ring (bicyclic) bond motifs is 2. The molecule has 5 aromatic rings. The molecule has 5 rings (SSSR count). The Bertz CT molecular complexity index is 1830. The summed E-state index contributed by atoms with van der Waals surface area (Å²) in [6.45, 7) is 3.27. The number of alkyl halides is 2. The van der Waals surface area contributed by atoms with Crippen LogP contribution < -0.4 is 25.6 Å². The van der Waals surface area contributed by atoms with Gasteiger partial charge in [-0.15, -0.1) is 23.2 Å². The first kappa shape index (κ1) is 30.7. The number of anilines is 5. The molecule has 2 amide bonds. The number of nitrogens with zero attached hydrogens (tertiary/aromatic N) is 2. The molecule has 0 saturated carbocycles. The summed E-state index contributed by atoms with van der Waals surface area (Å²) in [5.74, 6) is 0.414. The van der Waals surface area contributed by atoms with Crippen molar-refractivity contribution in [1.82, 2.24) is 4.98 Å². The minimum atomic E-state index is -1.06. The molecule has 4 N–H and O–H groups in total. The number of hydrogen-bond donors (Lipinski definition) is 4. The number of rotatable bonds is 11. The van der Waals surface area contributed by atoms with Crippen LogP contribution in [0.3, 0.4) is 0 Å². The molecule has 0 aliphatic carbocycles. The highest BCUT2D eigenvalue weighted by Crippen LogP contribution is 2.37. The molecule has 1 heterocycles. The van der Waals surface area contributed by atoms with E-state index in [1.165, 1.54) is 0 Å². The number of para-hydroxylation sites is 2. The summed E-state index contributed by atoms with van der Waals surface area (Å²) in [5, 5.41) is 20.5. The topological polar surface area (TPSA) is 116 Å². The van der Waals surface area contributed by atoms with Gasteiger partial charge in [0.15, 0.2) is 0 Å². The number of carbonyl (C=O) groups excluding carboxylic acids is 1. The first-order valence-electron chi connectivity index (χ1n) is 13.9. The Morgan fingerprint density at radius 1 is 0.841 bits per heavy atom. The number of methoxy groups -OCH3 is 1. The lowest BCUT2D eigenvalue weighted by Crippen LogP contribution is -2.27. The van der Waals surface area contributed by atoms with Gasteiger partial charge in [-0.1, -0.05) is 30.3 Å². The number of aromatic carboxylic acids is 1. The Morgan fingerprint density at radius 3 is 2.14 bits per heavy atom. The first-order chi connectivity index (χ1) is 21.3. The zero-order chi connectivity index (χ0) is 31.2. The lowest BCUT2D eigenvalue weighted by molar-refractivity contribution is 0.0699. The first-order valence-corrected chi connectivity index (χ1v) is 14.9. The molecule has 0 fully saturated rings. The van der Waals surface area contributed by atoms with Crippen LogP contribution in [0.25, 0.3) is 21.8 Å². The summed E-state index contributed by atoms with van der Waals surface area (Å²) >= 11 is 11.8. The van der Waals surface area contributed by atoms with Gasteiger partial charge in [0.2, 0.25) is 0 Å². The second-order valence-corrected chi connectivity index (χ2v) is 10.8. The molecule has 44 heavy (non-hydrogen) atoms. The number of aryl methyl sites for hydroxylation is 1. The smallest absolute Gasteiger partial charge is 0.337 e. The van der Waals surface area contributed by atoms with Gasteiger partial charge in [-0.2, -0.15) is 0 Å². The normalized spacial score (nSPS) is 10.9. The summed E-state index contributed by atoms with van der Waals surface area (Å²) in [5.41, 5.74) is 5.47. The number of pyridine rings is 1. The standard InChI is InChI=1S/C33H31Cl2N5O4/c1-20-5-3-6-26-29(20)39-31-27(7-4-8-28(31)32(41)42)30(26)36-22-17-23(19-25(18-22)44-2)38-33(43)37-21-9-11-24(12-10-21)40(15-13-34)16-14-35/h3-12,17-19H,13-16H2,1-2H3,(H,36,39)(H,41,42)(H2,37,38,43). The van der Waals surface area contributed by atoms with Gasteiger partial charge in [0.1, 0.15) is 5.75 Å². The second kappa shape index (κ2) is 13.7. The van der Waals surface area contributed by atoms with E-state index < -0.39 is 12.0 Å². The highest BCUT2D eigenvalue weighted by atomic mass is 35.5. The molecule has 0 bridgehead atoms. The van der Waals surface area contributed by atoms with Gasteiger partial charge in [-0.3, -0.25) is 0 Å². The van der Waals surface area contributed by atoms with Crippen molar-refractivity contribution in [2.45, 2.75) is 6.92 Å². The van der Waals surface area contributed by atoms with Crippen LogP contribution in [0.2, 0.25) is 0 Å². The van der Waals surface area contributed by atoms with Crippen molar-refractivity contribution in [1.29, 1.82) is 0 Å². The van der Waals surface area contributed by atoms with Crippen molar-refractivity contribution in [2.24, 2.45) is 0 Å². The maximum Gasteiger partial charge on any atom is 0.337 e. The molecule has 0 aliphatic rings. The molecule has 0 spiro atoms. The molecular formula is C33H31Cl2N5O4. The van der Waals surface area contributed by atoms with E-state index in [1.54, 1.807) is 37.4 Å². The Labute approximate surface area is 264 Å². The monoisotopic (exact) mass is 631 g/mol. The van der Waals surface area contributed by atoms with E-state index >= 15 is 0 Å². The number of ether oxygens (including phenoxy) is 1. The minimum absolute atomic E-state index is 0.110. The van der Waals surface area contributed by atoms with E-state index in [-0.39, 0.29) is 5.56 Å². The summed E-state index contributed by atoms with van der Waals surface area (Å²) < 4.78 is 5.53. The average Bonchev–Trinajstić information content (AvgIpc) is 3.01. The van der Waals surface area contributed by atoms with Crippen LogP contribution in [0.4, 0.5) is 33.2 Å². The molecule has 0 atom stereocenters.